The van der Waals surface area contributed by atoms with E-state index in [1.165, 1.54) is 6.08 Å². The zero-order chi connectivity index (χ0) is 22.9. The highest BCUT2D eigenvalue weighted by Crippen LogP contribution is 2.26. The molecule has 1 aliphatic rings. The number of carbonyl (C=O) groups excluding carboxylic acids is 3. The summed E-state index contributed by atoms with van der Waals surface area (Å²) in [6.07, 6.45) is 1.51. The number of hydrogen-bond donors (Lipinski definition) is 3. The predicted octanol–water partition coefficient (Wildman–Crippen LogP) is 1.58. The number of rotatable bonds is 10. The third-order valence-corrected chi connectivity index (χ3v) is 4.97. The maximum absolute atomic E-state index is 12.1. The molecule has 10 nitrogen and oxygen atoms in total. The lowest BCUT2D eigenvalue weighted by Crippen LogP contribution is -2.29. The molecule has 1 aromatic carbocycles. The molecule has 3 N–H and O–H groups in total. The van der Waals surface area contributed by atoms with Crippen LogP contribution < -0.4 is 20.7 Å². The van der Waals surface area contributed by atoms with Gasteiger partial charge in [-0.15, -0.1) is 0 Å². The number of amides is 3. The van der Waals surface area contributed by atoms with Crippen LogP contribution in [-0.4, -0.2) is 72.3 Å². The summed E-state index contributed by atoms with van der Waals surface area (Å²) in [6, 6.07) is 10.5. The monoisotopic (exact) mass is 456 g/mol. The van der Waals surface area contributed by atoms with Gasteiger partial charge >= 0.3 is 0 Å². The van der Waals surface area contributed by atoms with Crippen LogP contribution in [-0.2, 0) is 4.79 Å². The number of benzene rings is 1. The highest BCUT2D eigenvalue weighted by Gasteiger charge is 2.25. The maximum atomic E-state index is 12.1. The summed E-state index contributed by atoms with van der Waals surface area (Å²) in [5, 5.41) is 7.64. The Balaban J connectivity index is 1.65. The van der Waals surface area contributed by atoms with Gasteiger partial charge in [-0.05, 0) is 44.1 Å². The highest BCUT2D eigenvalue weighted by atomic mass is 32.2. The number of anilines is 1. The molecular weight excluding hydrogens is 432 g/mol. The van der Waals surface area contributed by atoms with Crippen molar-refractivity contribution in [3.8, 4) is 5.88 Å². The van der Waals surface area contributed by atoms with Crippen LogP contribution >= 0.6 is 11.8 Å². The van der Waals surface area contributed by atoms with E-state index < -0.39 is 11.1 Å². The molecule has 0 atom stereocenters. The fourth-order valence-corrected chi connectivity index (χ4v) is 3.27. The molecule has 11 heteroatoms. The average molecular weight is 457 g/mol. The predicted molar refractivity (Wildman–Crippen MR) is 122 cm³/mol. The first-order valence-corrected chi connectivity index (χ1v) is 10.7. The van der Waals surface area contributed by atoms with Gasteiger partial charge in [0.25, 0.3) is 17.1 Å². The van der Waals surface area contributed by atoms with E-state index in [-0.39, 0.29) is 16.8 Å². The van der Waals surface area contributed by atoms with Gasteiger partial charge in [0.1, 0.15) is 6.61 Å². The lowest BCUT2D eigenvalue weighted by atomic mass is 10.2. The minimum absolute atomic E-state index is 0.173. The van der Waals surface area contributed by atoms with E-state index in [2.05, 4.69) is 25.9 Å². The molecule has 0 saturated carbocycles. The molecule has 0 radical (unpaired) electrons. The van der Waals surface area contributed by atoms with E-state index in [1.54, 1.807) is 30.3 Å². The van der Waals surface area contributed by atoms with E-state index in [4.69, 9.17) is 4.74 Å². The first kappa shape index (κ1) is 23.2. The lowest BCUT2D eigenvalue weighted by Gasteiger charge is -2.12. The Labute approximate surface area is 189 Å². The van der Waals surface area contributed by atoms with Gasteiger partial charge in [0.15, 0.2) is 0 Å². The fourth-order valence-electron chi connectivity index (χ4n) is 2.60. The third kappa shape index (κ3) is 7.06. The molecule has 1 aromatic heterocycles. The Kier molecular flexibility index (Phi) is 8.17. The second-order valence-corrected chi connectivity index (χ2v) is 8.02. The van der Waals surface area contributed by atoms with Crippen molar-refractivity contribution in [1.29, 1.82) is 0 Å². The van der Waals surface area contributed by atoms with Gasteiger partial charge in [-0.3, -0.25) is 19.7 Å². The Hall–Kier alpha value is -3.44. The van der Waals surface area contributed by atoms with E-state index in [9.17, 15) is 14.4 Å². The fraction of sp³-hybridized carbons (Fsp3) is 0.286. The van der Waals surface area contributed by atoms with Crippen molar-refractivity contribution in [2.45, 2.75) is 0 Å². The maximum Gasteiger partial charge on any atom is 0.290 e. The SMILES string of the molecule is CN(C)CCOc1cc(/C=C2\SC(=O)NC2=O)nc(NCCNC(=O)c2ccccc2)n1. The first-order valence-electron chi connectivity index (χ1n) is 9.89. The van der Waals surface area contributed by atoms with Crippen molar-refractivity contribution in [3.63, 3.8) is 0 Å². The molecule has 32 heavy (non-hydrogen) atoms. The minimum Gasteiger partial charge on any atom is -0.476 e. The van der Waals surface area contributed by atoms with Gasteiger partial charge in [-0.25, -0.2) is 4.98 Å². The summed E-state index contributed by atoms with van der Waals surface area (Å²) in [6.45, 7) is 1.84. The number of nitrogens with one attached hydrogen (secondary N) is 3. The van der Waals surface area contributed by atoms with Crippen molar-refractivity contribution in [3.05, 3.63) is 52.6 Å². The van der Waals surface area contributed by atoms with Crippen LogP contribution in [0.15, 0.2) is 41.3 Å². The van der Waals surface area contributed by atoms with Crippen LogP contribution in [0.25, 0.3) is 6.08 Å². The molecule has 1 saturated heterocycles. The van der Waals surface area contributed by atoms with Crippen molar-refractivity contribution in [1.82, 2.24) is 25.5 Å². The summed E-state index contributed by atoms with van der Waals surface area (Å²) < 4.78 is 5.71. The van der Waals surface area contributed by atoms with E-state index >= 15 is 0 Å². The summed E-state index contributed by atoms with van der Waals surface area (Å²) in [7, 11) is 3.87. The molecule has 2 aromatic rings. The number of nitrogens with zero attached hydrogens (tertiary/aromatic N) is 3. The van der Waals surface area contributed by atoms with Gasteiger partial charge in [0, 0.05) is 31.3 Å². The van der Waals surface area contributed by atoms with Crippen LogP contribution in [0, 0.1) is 0 Å². The Morgan fingerprint density at radius 1 is 1.19 bits per heavy atom. The number of thioether (sulfide) groups is 1. The van der Waals surface area contributed by atoms with Gasteiger partial charge in [-0.2, -0.15) is 4.98 Å². The first-order chi connectivity index (χ1) is 15.4. The molecule has 1 aliphatic heterocycles. The van der Waals surface area contributed by atoms with Gasteiger partial charge in [0.2, 0.25) is 11.8 Å². The number of aromatic nitrogens is 2. The number of hydrogen-bond acceptors (Lipinski definition) is 9. The number of imide groups is 1. The normalized spacial score (nSPS) is 14.5. The van der Waals surface area contributed by atoms with Gasteiger partial charge < -0.3 is 20.3 Å². The summed E-state index contributed by atoms with van der Waals surface area (Å²) in [5.41, 5.74) is 0.999. The number of likely N-dealkylation sites (N-methyl/N-ethyl adjacent to an activating group) is 1. The second kappa shape index (κ2) is 11.3. The molecule has 3 amide bonds. The van der Waals surface area contributed by atoms with Crippen molar-refractivity contribution < 1.29 is 19.1 Å². The molecular formula is C21H24N6O4S. The molecule has 0 unspecified atom stereocenters. The molecule has 1 fully saturated rings. The van der Waals surface area contributed by atoms with Gasteiger partial charge in [0.05, 0.1) is 10.6 Å². The van der Waals surface area contributed by atoms with E-state index in [1.807, 2.05) is 25.1 Å². The molecule has 0 aliphatic carbocycles. The van der Waals surface area contributed by atoms with Crippen LogP contribution in [0.4, 0.5) is 10.7 Å². The second-order valence-electron chi connectivity index (χ2n) is 7.01. The van der Waals surface area contributed by atoms with Gasteiger partial charge in [-0.1, -0.05) is 18.2 Å². The minimum atomic E-state index is -0.466. The largest absolute Gasteiger partial charge is 0.476 e. The Bertz CT molecular complexity index is 1010. The quantitative estimate of drug-likeness (QED) is 0.361. The number of carbonyl (C=O) groups is 3. The lowest BCUT2D eigenvalue weighted by molar-refractivity contribution is -0.115. The molecule has 3 rings (SSSR count). The standard InChI is InChI=1S/C21H24N6O4S/c1-27(2)10-11-31-17-13-15(12-16-19(29)26-21(30)32-16)24-20(25-17)23-9-8-22-18(28)14-6-4-3-5-7-14/h3-7,12-13H,8-11H2,1-2H3,(H,22,28)(H,23,24,25)(H,26,29,30)/b16-12-. The topological polar surface area (TPSA) is 126 Å². The summed E-state index contributed by atoms with van der Waals surface area (Å²) in [4.78, 5) is 46.3. The smallest absolute Gasteiger partial charge is 0.290 e. The zero-order valence-electron chi connectivity index (χ0n) is 17.8. The van der Waals surface area contributed by atoms with Crippen LogP contribution in [0.3, 0.4) is 0 Å². The third-order valence-electron chi connectivity index (χ3n) is 4.16. The van der Waals surface area contributed by atoms with Crippen LogP contribution in [0.5, 0.6) is 5.88 Å². The Morgan fingerprint density at radius 2 is 1.97 bits per heavy atom. The average Bonchev–Trinajstić information content (AvgIpc) is 3.08. The van der Waals surface area contributed by atoms with Crippen LogP contribution in [0.1, 0.15) is 16.1 Å². The molecule has 168 valence electrons. The molecule has 0 spiro atoms. The van der Waals surface area contributed by atoms with Crippen molar-refractivity contribution in [2.75, 3.05) is 45.7 Å². The Morgan fingerprint density at radius 3 is 2.66 bits per heavy atom. The molecule has 2 heterocycles. The van der Waals surface area contributed by atoms with E-state index in [0.29, 0.717) is 43.4 Å². The number of ether oxygens (including phenoxy) is 1. The van der Waals surface area contributed by atoms with E-state index in [0.717, 1.165) is 11.8 Å². The highest BCUT2D eigenvalue weighted by molar-refractivity contribution is 8.18. The summed E-state index contributed by atoms with van der Waals surface area (Å²) in [5.74, 6) is -0.0255. The zero-order valence-corrected chi connectivity index (χ0v) is 18.6. The van der Waals surface area contributed by atoms with Crippen molar-refractivity contribution >= 4 is 40.8 Å². The molecule has 0 bridgehead atoms. The van der Waals surface area contributed by atoms with Crippen LogP contribution in [0.2, 0.25) is 0 Å². The van der Waals surface area contributed by atoms with Crippen molar-refractivity contribution in [2.24, 2.45) is 0 Å². The summed E-state index contributed by atoms with van der Waals surface area (Å²) >= 11 is 0.810.